The van der Waals surface area contributed by atoms with Crippen LogP contribution in [0.5, 0.6) is 0 Å². The quantitative estimate of drug-likeness (QED) is 0.479. The van der Waals surface area contributed by atoms with Gasteiger partial charge in [-0.2, -0.15) is 0 Å². The van der Waals surface area contributed by atoms with Gasteiger partial charge in [0.05, 0.1) is 0 Å². The van der Waals surface area contributed by atoms with Crippen LogP contribution < -0.4 is 0 Å². The van der Waals surface area contributed by atoms with E-state index in [2.05, 4.69) is 13.5 Å². The molecular weight excluding hydrogens is 152 g/mol. The Balaban J connectivity index is 4.05. The van der Waals surface area contributed by atoms with Crippen LogP contribution in [0.4, 0.5) is 0 Å². The van der Waals surface area contributed by atoms with E-state index in [0.29, 0.717) is 5.57 Å². The lowest BCUT2D eigenvalue weighted by Crippen LogP contribution is -2.27. The van der Waals surface area contributed by atoms with Crippen molar-refractivity contribution in [3.05, 3.63) is 12.2 Å². The monoisotopic (exact) mass is 170 g/mol. The van der Waals surface area contributed by atoms with Crippen LogP contribution in [0.1, 0.15) is 40.5 Å². The maximum absolute atomic E-state index is 11.1. The number of carbonyl (C=O) groups excluding carboxylic acids is 1. The molecule has 0 aliphatic heterocycles. The van der Waals surface area contributed by atoms with Crippen molar-refractivity contribution in [2.24, 2.45) is 0 Å². The molecule has 2 heteroatoms. The van der Waals surface area contributed by atoms with Gasteiger partial charge in [-0.1, -0.05) is 19.9 Å². The molecule has 0 aromatic carbocycles. The van der Waals surface area contributed by atoms with Gasteiger partial charge in [0.1, 0.15) is 5.60 Å². The average Bonchev–Trinajstić information content (AvgIpc) is 1.85. The third-order valence-corrected chi connectivity index (χ3v) is 1.57. The minimum absolute atomic E-state index is 0.298. The molecule has 0 aliphatic carbocycles. The van der Waals surface area contributed by atoms with Crippen LogP contribution in [-0.2, 0) is 9.53 Å². The first-order valence-electron chi connectivity index (χ1n) is 4.28. The van der Waals surface area contributed by atoms with Crippen LogP contribution in [0.2, 0.25) is 0 Å². The van der Waals surface area contributed by atoms with Crippen molar-refractivity contribution < 1.29 is 9.53 Å². The molecule has 12 heavy (non-hydrogen) atoms. The highest BCUT2D eigenvalue weighted by molar-refractivity contribution is 5.87. The topological polar surface area (TPSA) is 26.3 Å². The first-order chi connectivity index (χ1) is 5.39. The Morgan fingerprint density at radius 2 is 2.00 bits per heavy atom. The van der Waals surface area contributed by atoms with E-state index in [4.69, 9.17) is 4.74 Å². The summed E-state index contributed by atoms with van der Waals surface area (Å²) in [5, 5.41) is 0. The van der Waals surface area contributed by atoms with E-state index in [-0.39, 0.29) is 11.6 Å². The largest absolute Gasteiger partial charge is 0.456 e. The van der Waals surface area contributed by atoms with Crippen molar-refractivity contribution in [1.82, 2.24) is 0 Å². The Bertz CT molecular complexity index is 180. The summed E-state index contributed by atoms with van der Waals surface area (Å²) in [4.78, 5) is 11.1. The fourth-order valence-electron chi connectivity index (χ4n) is 0.991. The van der Waals surface area contributed by atoms with Gasteiger partial charge in [-0.25, -0.2) is 4.79 Å². The Kier molecular flexibility index (Phi) is 4.01. The lowest BCUT2D eigenvalue weighted by molar-refractivity contribution is -0.151. The zero-order valence-corrected chi connectivity index (χ0v) is 8.44. The Morgan fingerprint density at radius 1 is 1.50 bits per heavy atom. The molecule has 0 saturated heterocycles. The number of carbonyl (C=O) groups is 1. The number of hydrogen-bond acceptors (Lipinski definition) is 2. The molecule has 0 amide bonds. The second-order valence-electron chi connectivity index (χ2n) is 3.68. The minimum atomic E-state index is -0.356. The van der Waals surface area contributed by atoms with E-state index >= 15 is 0 Å². The minimum Gasteiger partial charge on any atom is -0.456 e. The molecule has 0 rings (SSSR count). The Labute approximate surface area is 74.6 Å². The summed E-state index contributed by atoms with van der Waals surface area (Å²) >= 11 is 0. The first-order valence-corrected chi connectivity index (χ1v) is 4.28. The van der Waals surface area contributed by atoms with E-state index in [9.17, 15) is 4.79 Å². The first kappa shape index (κ1) is 11.2. The third kappa shape index (κ3) is 4.16. The van der Waals surface area contributed by atoms with Crippen LogP contribution in [0.3, 0.4) is 0 Å². The third-order valence-electron chi connectivity index (χ3n) is 1.57. The SMILES string of the molecule is C=C(C)C(=O)OC(C)(C)CCC. The summed E-state index contributed by atoms with van der Waals surface area (Å²) in [6, 6.07) is 0. The van der Waals surface area contributed by atoms with Crippen molar-refractivity contribution in [3.63, 3.8) is 0 Å². The molecule has 0 heterocycles. The van der Waals surface area contributed by atoms with Gasteiger partial charge in [0, 0.05) is 5.57 Å². The second-order valence-corrected chi connectivity index (χ2v) is 3.68. The van der Waals surface area contributed by atoms with Crippen LogP contribution in [-0.4, -0.2) is 11.6 Å². The van der Waals surface area contributed by atoms with Crippen molar-refractivity contribution in [3.8, 4) is 0 Å². The zero-order valence-electron chi connectivity index (χ0n) is 8.44. The maximum Gasteiger partial charge on any atom is 0.333 e. The predicted molar refractivity (Wildman–Crippen MR) is 49.9 cm³/mol. The molecule has 70 valence electrons. The summed E-state index contributed by atoms with van der Waals surface area (Å²) in [5.74, 6) is -0.298. The van der Waals surface area contributed by atoms with Gasteiger partial charge >= 0.3 is 5.97 Å². The lowest BCUT2D eigenvalue weighted by Gasteiger charge is -2.24. The molecule has 0 unspecified atom stereocenters. The molecule has 0 atom stereocenters. The smallest absolute Gasteiger partial charge is 0.333 e. The highest BCUT2D eigenvalue weighted by Gasteiger charge is 2.21. The van der Waals surface area contributed by atoms with Gasteiger partial charge in [-0.05, 0) is 27.2 Å². The molecule has 0 aromatic heterocycles. The van der Waals surface area contributed by atoms with E-state index in [1.165, 1.54) is 0 Å². The van der Waals surface area contributed by atoms with E-state index in [1.807, 2.05) is 13.8 Å². The van der Waals surface area contributed by atoms with E-state index in [1.54, 1.807) is 6.92 Å². The van der Waals surface area contributed by atoms with Crippen LogP contribution >= 0.6 is 0 Å². The van der Waals surface area contributed by atoms with Crippen LogP contribution in [0.25, 0.3) is 0 Å². The van der Waals surface area contributed by atoms with Crippen molar-refractivity contribution >= 4 is 5.97 Å². The summed E-state index contributed by atoms with van der Waals surface area (Å²) in [6.07, 6.45) is 1.89. The summed E-state index contributed by atoms with van der Waals surface area (Å²) < 4.78 is 5.20. The molecule has 0 N–H and O–H groups in total. The molecule has 0 spiro atoms. The summed E-state index contributed by atoms with van der Waals surface area (Å²) in [7, 11) is 0. The van der Waals surface area contributed by atoms with Gasteiger partial charge in [-0.3, -0.25) is 0 Å². The van der Waals surface area contributed by atoms with Gasteiger partial charge < -0.3 is 4.74 Å². The molecule has 0 radical (unpaired) electrons. The van der Waals surface area contributed by atoms with Gasteiger partial charge in [-0.15, -0.1) is 0 Å². The van der Waals surface area contributed by atoms with Crippen molar-refractivity contribution in [2.45, 2.75) is 46.1 Å². The molecule has 0 aromatic rings. The van der Waals surface area contributed by atoms with E-state index in [0.717, 1.165) is 12.8 Å². The number of esters is 1. The fourth-order valence-corrected chi connectivity index (χ4v) is 0.991. The highest BCUT2D eigenvalue weighted by Crippen LogP contribution is 2.17. The van der Waals surface area contributed by atoms with Crippen molar-refractivity contribution in [2.75, 3.05) is 0 Å². The van der Waals surface area contributed by atoms with Gasteiger partial charge in [0.15, 0.2) is 0 Å². The van der Waals surface area contributed by atoms with Crippen LogP contribution in [0, 0.1) is 0 Å². The number of rotatable bonds is 4. The standard InChI is InChI=1S/C10H18O2/c1-6-7-10(4,5)12-9(11)8(2)3/h2,6-7H2,1,3-5H3. The lowest BCUT2D eigenvalue weighted by atomic mass is 10.0. The molecule has 0 bridgehead atoms. The van der Waals surface area contributed by atoms with Gasteiger partial charge in [0.25, 0.3) is 0 Å². The Hall–Kier alpha value is -0.790. The normalized spacial score (nSPS) is 11.0. The molecule has 0 saturated carbocycles. The number of ether oxygens (including phenoxy) is 1. The molecule has 2 nitrogen and oxygen atoms in total. The second kappa shape index (κ2) is 4.29. The highest BCUT2D eigenvalue weighted by atomic mass is 16.6. The number of hydrogen-bond donors (Lipinski definition) is 0. The molecular formula is C10H18O2. The average molecular weight is 170 g/mol. The van der Waals surface area contributed by atoms with Gasteiger partial charge in [0.2, 0.25) is 0 Å². The summed E-state index contributed by atoms with van der Waals surface area (Å²) in [5.41, 5.74) is 0.101. The molecule has 0 fully saturated rings. The zero-order chi connectivity index (χ0) is 9.78. The maximum atomic E-state index is 11.1. The summed E-state index contributed by atoms with van der Waals surface area (Å²) in [6.45, 7) is 11.1. The predicted octanol–water partition coefficient (Wildman–Crippen LogP) is 2.68. The molecule has 0 aliphatic rings. The fraction of sp³-hybridized carbons (Fsp3) is 0.700. The van der Waals surface area contributed by atoms with Crippen LogP contribution in [0.15, 0.2) is 12.2 Å². The van der Waals surface area contributed by atoms with Crippen molar-refractivity contribution in [1.29, 1.82) is 0 Å². The Morgan fingerprint density at radius 3 is 2.33 bits per heavy atom. The van der Waals surface area contributed by atoms with E-state index < -0.39 is 0 Å².